The Morgan fingerprint density at radius 1 is 1.47 bits per heavy atom. The number of nitrogens with two attached hydrogens (primary N) is 1. The van der Waals surface area contributed by atoms with Gasteiger partial charge in [0.15, 0.2) is 0 Å². The molecule has 0 aromatic carbocycles. The van der Waals surface area contributed by atoms with E-state index < -0.39 is 0 Å². The van der Waals surface area contributed by atoms with Crippen molar-refractivity contribution in [2.45, 2.75) is 52.5 Å². The summed E-state index contributed by atoms with van der Waals surface area (Å²) in [6.45, 7) is 7.08. The van der Waals surface area contributed by atoms with Crippen LogP contribution in [0.1, 0.15) is 44.9 Å². The summed E-state index contributed by atoms with van der Waals surface area (Å²) >= 11 is 1.74. The quantitative estimate of drug-likeness (QED) is 0.770. The maximum Gasteiger partial charge on any atom is 0.220 e. The third-order valence-electron chi connectivity index (χ3n) is 3.34. The Labute approximate surface area is 120 Å². The van der Waals surface area contributed by atoms with Crippen LogP contribution in [0.4, 0.5) is 0 Å². The maximum absolute atomic E-state index is 11.9. The lowest BCUT2D eigenvalue weighted by Gasteiger charge is -2.23. The van der Waals surface area contributed by atoms with Gasteiger partial charge in [-0.1, -0.05) is 19.9 Å². The van der Waals surface area contributed by atoms with Crippen LogP contribution in [0.5, 0.6) is 0 Å². The molecule has 108 valence electrons. The number of thiophene rings is 1. The Morgan fingerprint density at radius 2 is 2.21 bits per heavy atom. The van der Waals surface area contributed by atoms with E-state index in [1.165, 1.54) is 4.88 Å². The average Bonchev–Trinajstić information content (AvgIpc) is 2.79. The van der Waals surface area contributed by atoms with Crippen LogP contribution < -0.4 is 11.1 Å². The predicted octanol–water partition coefficient (Wildman–Crippen LogP) is 2.95. The summed E-state index contributed by atoms with van der Waals surface area (Å²) in [4.78, 5) is 13.2. The summed E-state index contributed by atoms with van der Waals surface area (Å²) in [7, 11) is 0. The van der Waals surface area contributed by atoms with Gasteiger partial charge in [-0.2, -0.15) is 0 Å². The van der Waals surface area contributed by atoms with Crippen molar-refractivity contribution in [3.8, 4) is 0 Å². The summed E-state index contributed by atoms with van der Waals surface area (Å²) < 4.78 is 0. The first kappa shape index (κ1) is 16.2. The predicted molar refractivity (Wildman–Crippen MR) is 82.3 cm³/mol. The van der Waals surface area contributed by atoms with Gasteiger partial charge in [-0.15, -0.1) is 11.3 Å². The van der Waals surface area contributed by atoms with E-state index in [2.05, 4.69) is 37.5 Å². The lowest BCUT2D eigenvalue weighted by molar-refractivity contribution is -0.122. The lowest BCUT2D eigenvalue weighted by Crippen LogP contribution is -2.34. The maximum atomic E-state index is 11.9. The summed E-state index contributed by atoms with van der Waals surface area (Å²) in [5.41, 5.74) is 5.73. The summed E-state index contributed by atoms with van der Waals surface area (Å²) in [5.74, 6) is 0.147. The van der Waals surface area contributed by atoms with Gasteiger partial charge in [0, 0.05) is 23.8 Å². The molecular weight excluding hydrogens is 256 g/mol. The van der Waals surface area contributed by atoms with E-state index in [4.69, 9.17) is 5.73 Å². The van der Waals surface area contributed by atoms with Gasteiger partial charge >= 0.3 is 0 Å². The molecule has 1 heterocycles. The molecule has 0 aliphatic rings. The molecule has 0 bridgehead atoms. The first-order chi connectivity index (χ1) is 8.93. The number of rotatable bonds is 8. The molecule has 1 unspecified atom stereocenters. The van der Waals surface area contributed by atoms with Gasteiger partial charge < -0.3 is 11.1 Å². The zero-order valence-electron chi connectivity index (χ0n) is 12.2. The molecule has 0 saturated heterocycles. The van der Waals surface area contributed by atoms with Crippen LogP contribution in [0.2, 0.25) is 0 Å². The molecule has 0 fully saturated rings. The Bertz CT molecular complexity index is 374. The monoisotopic (exact) mass is 282 g/mol. The van der Waals surface area contributed by atoms with E-state index in [-0.39, 0.29) is 17.4 Å². The Balaban J connectivity index is 2.27. The number of hydrogen-bond acceptors (Lipinski definition) is 3. The normalized spacial score (nSPS) is 13.3. The van der Waals surface area contributed by atoms with Gasteiger partial charge in [-0.25, -0.2) is 0 Å². The molecule has 1 amide bonds. The van der Waals surface area contributed by atoms with Crippen molar-refractivity contribution >= 4 is 17.2 Å². The average molecular weight is 282 g/mol. The topological polar surface area (TPSA) is 55.1 Å². The van der Waals surface area contributed by atoms with Gasteiger partial charge in [-0.3, -0.25) is 4.79 Å². The first-order valence-corrected chi connectivity index (χ1v) is 7.83. The standard InChI is InChI=1S/C15H26N2OS/c1-12(11-13-5-4-10-19-13)17-14(18)6-7-15(2,3)8-9-16/h4-5,10,12H,6-9,11,16H2,1-3H3,(H,17,18). The molecule has 1 rings (SSSR count). The minimum absolute atomic E-state index is 0.147. The summed E-state index contributed by atoms with van der Waals surface area (Å²) in [6.07, 6.45) is 3.35. The van der Waals surface area contributed by atoms with Crippen molar-refractivity contribution in [1.82, 2.24) is 5.32 Å². The Morgan fingerprint density at radius 3 is 2.79 bits per heavy atom. The third-order valence-corrected chi connectivity index (χ3v) is 4.24. The van der Waals surface area contributed by atoms with Crippen molar-refractivity contribution in [2.75, 3.05) is 6.54 Å². The molecule has 3 N–H and O–H groups in total. The van der Waals surface area contributed by atoms with Crippen molar-refractivity contribution in [1.29, 1.82) is 0 Å². The van der Waals surface area contributed by atoms with Crippen LogP contribution >= 0.6 is 11.3 Å². The Kier molecular flexibility index (Phi) is 6.52. The molecule has 3 nitrogen and oxygen atoms in total. The molecule has 0 aliphatic carbocycles. The molecular formula is C15H26N2OS. The molecule has 0 spiro atoms. The lowest BCUT2D eigenvalue weighted by atomic mass is 9.84. The fraction of sp³-hybridized carbons (Fsp3) is 0.667. The molecule has 0 saturated carbocycles. The molecule has 4 heteroatoms. The van der Waals surface area contributed by atoms with Crippen LogP contribution in [-0.2, 0) is 11.2 Å². The van der Waals surface area contributed by atoms with Gasteiger partial charge in [0.2, 0.25) is 5.91 Å². The zero-order chi connectivity index (χ0) is 14.3. The highest BCUT2D eigenvalue weighted by Gasteiger charge is 2.18. The van der Waals surface area contributed by atoms with E-state index in [0.29, 0.717) is 13.0 Å². The number of nitrogens with one attached hydrogen (secondary N) is 1. The van der Waals surface area contributed by atoms with Crippen LogP contribution in [0.3, 0.4) is 0 Å². The van der Waals surface area contributed by atoms with E-state index in [0.717, 1.165) is 19.3 Å². The third kappa shape index (κ3) is 6.73. The summed E-state index contributed by atoms with van der Waals surface area (Å²) in [5, 5.41) is 5.14. The SMILES string of the molecule is CC(Cc1cccs1)NC(=O)CCC(C)(C)CCN. The highest BCUT2D eigenvalue weighted by molar-refractivity contribution is 7.09. The van der Waals surface area contributed by atoms with Crippen molar-refractivity contribution in [2.24, 2.45) is 11.1 Å². The van der Waals surface area contributed by atoms with Crippen molar-refractivity contribution in [3.05, 3.63) is 22.4 Å². The Hall–Kier alpha value is -0.870. The molecule has 1 aromatic heterocycles. The molecule has 19 heavy (non-hydrogen) atoms. The van der Waals surface area contributed by atoms with E-state index in [1.54, 1.807) is 11.3 Å². The minimum Gasteiger partial charge on any atom is -0.353 e. The van der Waals surface area contributed by atoms with Crippen LogP contribution in [0.15, 0.2) is 17.5 Å². The first-order valence-electron chi connectivity index (χ1n) is 6.95. The second-order valence-corrected chi connectivity index (χ2v) is 6.99. The van der Waals surface area contributed by atoms with Gasteiger partial charge in [0.1, 0.15) is 0 Å². The molecule has 0 aliphatic heterocycles. The largest absolute Gasteiger partial charge is 0.353 e. The molecule has 1 aromatic rings. The molecule has 1 atom stereocenters. The number of carbonyl (C=O) groups excluding carboxylic acids is 1. The molecule has 0 radical (unpaired) electrons. The minimum atomic E-state index is 0.147. The van der Waals surface area contributed by atoms with E-state index in [9.17, 15) is 4.79 Å². The van der Waals surface area contributed by atoms with Crippen LogP contribution in [-0.4, -0.2) is 18.5 Å². The second-order valence-electron chi connectivity index (χ2n) is 5.95. The van der Waals surface area contributed by atoms with Gasteiger partial charge in [0.25, 0.3) is 0 Å². The number of hydrogen-bond donors (Lipinski definition) is 2. The van der Waals surface area contributed by atoms with Crippen molar-refractivity contribution < 1.29 is 4.79 Å². The highest BCUT2D eigenvalue weighted by Crippen LogP contribution is 2.25. The highest BCUT2D eigenvalue weighted by atomic mass is 32.1. The zero-order valence-corrected chi connectivity index (χ0v) is 13.1. The van der Waals surface area contributed by atoms with Crippen LogP contribution in [0.25, 0.3) is 0 Å². The van der Waals surface area contributed by atoms with Crippen LogP contribution in [0, 0.1) is 5.41 Å². The van der Waals surface area contributed by atoms with E-state index >= 15 is 0 Å². The van der Waals surface area contributed by atoms with Gasteiger partial charge in [0.05, 0.1) is 0 Å². The van der Waals surface area contributed by atoms with Crippen molar-refractivity contribution in [3.63, 3.8) is 0 Å². The smallest absolute Gasteiger partial charge is 0.220 e. The number of amides is 1. The van der Waals surface area contributed by atoms with E-state index in [1.807, 2.05) is 6.07 Å². The van der Waals surface area contributed by atoms with Gasteiger partial charge in [-0.05, 0) is 43.2 Å². The number of carbonyl (C=O) groups is 1. The fourth-order valence-corrected chi connectivity index (χ4v) is 2.93. The second kappa shape index (κ2) is 7.65. The fourth-order valence-electron chi connectivity index (χ4n) is 2.10. The summed E-state index contributed by atoms with van der Waals surface area (Å²) in [6, 6.07) is 4.35.